The van der Waals surface area contributed by atoms with Crippen LogP contribution in [0.2, 0.25) is 0 Å². The minimum Gasteiger partial charge on any atom is -0.456 e. The standard InChI is InChI=1S/C21H15N2O/c1-22-12-6-3-7-13-18(12)21-19-14(22)8-4-10-16(19)24-17-11-5-9-15(20(17)21)23(13)2/h3-11H,1-2H3/q+1. The topological polar surface area (TPSA) is 21.9 Å². The quantitative estimate of drug-likeness (QED) is 0.228. The van der Waals surface area contributed by atoms with Crippen molar-refractivity contribution in [3.8, 4) is 11.1 Å². The summed E-state index contributed by atoms with van der Waals surface area (Å²) in [6.07, 6.45) is 0. The van der Waals surface area contributed by atoms with Gasteiger partial charge in [0.25, 0.3) is 0 Å². The first-order chi connectivity index (χ1) is 11.8. The Balaban J connectivity index is 2.17. The summed E-state index contributed by atoms with van der Waals surface area (Å²) in [5.74, 6) is 0. The Labute approximate surface area is 138 Å². The summed E-state index contributed by atoms with van der Waals surface area (Å²) in [6.45, 7) is 0. The zero-order chi connectivity index (χ0) is 16.0. The van der Waals surface area contributed by atoms with Crippen molar-refractivity contribution in [2.75, 3.05) is 0 Å². The third kappa shape index (κ3) is 1.21. The van der Waals surface area contributed by atoms with E-state index in [9.17, 15) is 0 Å². The highest BCUT2D eigenvalue weighted by Crippen LogP contribution is 2.46. The van der Waals surface area contributed by atoms with Crippen molar-refractivity contribution in [1.29, 1.82) is 0 Å². The average Bonchev–Trinajstić information content (AvgIpc) is 2.62. The number of nitrogens with zero attached hydrogens (tertiary/aromatic N) is 2. The summed E-state index contributed by atoms with van der Waals surface area (Å²) in [5, 5.41) is 2.53. The van der Waals surface area contributed by atoms with E-state index in [2.05, 4.69) is 77.8 Å². The van der Waals surface area contributed by atoms with Crippen LogP contribution in [0.15, 0.2) is 59.0 Å². The molecule has 0 spiro atoms. The van der Waals surface area contributed by atoms with Crippen LogP contribution in [0.1, 0.15) is 0 Å². The van der Waals surface area contributed by atoms with Crippen molar-refractivity contribution >= 4 is 44.0 Å². The van der Waals surface area contributed by atoms with Crippen LogP contribution in [0.3, 0.4) is 0 Å². The number of hydrogen-bond donors (Lipinski definition) is 0. The monoisotopic (exact) mass is 311 g/mol. The second kappa shape index (κ2) is 3.88. The number of pyridine rings is 2. The molecule has 0 amide bonds. The Kier molecular flexibility index (Phi) is 2.00. The van der Waals surface area contributed by atoms with Gasteiger partial charge in [-0.3, -0.25) is 0 Å². The van der Waals surface area contributed by atoms with Crippen molar-refractivity contribution in [1.82, 2.24) is 4.57 Å². The third-order valence-corrected chi connectivity index (χ3v) is 5.44. The lowest BCUT2D eigenvalue weighted by atomic mass is 9.91. The van der Waals surface area contributed by atoms with Crippen LogP contribution in [-0.2, 0) is 14.1 Å². The maximum Gasteiger partial charge on any atom is 0.217 e. The number of aryl methyl sites for hydroxylation is 2. The van der Waals surface area contributed by atoms with E-state index >= 15 is 0 Å². The highest BCUT2D eigenvalue weighted by Gasteiger charge is 2.29. The molecule has 3 heteroatoms. The molecule has 0 saturated carbocycles. The zero-order valence-corrected chi connectivity index (χ0v) is 13.5. The van der Waals surface area contributed by atoms with Gasteiger partial charge in [-0.25, -0.2) is 0 Å². The zero-order valence-electron chi connectivity index (χ0n) is 13.5. The van der Waals surface area contributed by atoms with Gasteiger partial charge in [0, 0.05) is 24.7 Å². The fourth-order valence-corrected chi connectivity index (χ4v) is 4.37. The summed E-state index contributed by atoms with van der Waals surface area (Å²) in [5.41, 5.74) is 9.34. The van der Waals surface area contributed by atoms with Crippen LogP contribution in [0.5, 0.6) is 0 Å². The maximum absolute atomic E-state index is 6.27. The van der Waals surface area contributed by atoms with Gasteiger partial charge in [0.1, 0.15) is 18.2 Å². The SMILES string of the molecule is Cn1c2cccc3oc4cccc5c4c(c4c1cccc4[n+]5C)-c32. The molecule has 3 nitrogen and oxygen atoms in total. The summed E-state index contributed by atoms with van der Waals surface area (Å²) in [4.78, 5) is 0. The molecule has 4 aromatic rings. The molecule has 1 aromatic heterocycles. The Hall–Kier alpha value is -3.07. The van der Waals surface area contributed by atoms with Gasteiger partial charge >= 0.3 is 0 Å². The molecule has 24 heavy (non-hydrogen) atoms. The maximum atomic E-state index is 6.27. The van der Waals surface area contributed by atoms with Crippen LogP contribution in [0.4, 0.5) is 0 Å². The molecule has 0 atom stereocenters. The van der Waals surface area contributed by atoms with Gasteiger partial charge in [-0.05, 0) is 24.3 Å². The normalized spacial score (nSPS) is 12.6. The summed E-state index contributed by atoms with van der Waals surface area (Å²) in [6, 6.07) is 19.2. The molecule has 2 aliphatic heterocycles. The molecule has 0 N–H and O–H groups in total. The molecule has 3 heterocycles. The molecular weight excluding hydrogens is 296 g/mol. The highest BCUT2D eigenvalue weighted by atomic mass is 16.3. The predicted molar refractivity (Wildman–Crippen MR) is 96.7 cm³/mol. The largest absolute Gasteiger partial charge is 0.456 e. The number of rotatable bonds is 0. The molecule has 0 fully saturated rings. The molecule has 0 aliphatic carbocycles. The van der Waals surface area contributed by atoms with Gasteiger partial charge in [0.2, 0.25) is 11.0 Å². The van der Waals surface area contributed by atoms with Crippen molar-refractivity contribution in [2.24, 2.45) is 14.1 Å². The molecule has 0 radical (unpaired) electrons. The van der Waals surface area contributed by atoms with Crippen molar-refractivity contribution in [3.05, 3.63) is 54.6 Å². The number of benzene rings is 3. The Morgan fingerprint density at radius 2 is 1.42 bits per heavy atom. The van der Waals surface area contributed by atoms with E-state index in [0.29, 0.717) is 0 Å². The van der Waals surface area contributed by atoms with Crippen LogP contribution >= 0.6 is 0 Å². The summed E-state index contributed by atoms with van der Waals surface area (Å²) >= 11 is 0. The molecule has 0 bridgehead atoms. The van der Waals surface area contributed by atoms with Gasteiger partial charge in [-0.2, -0.15) is 4.57 Å². The van der Waals surface area contributed by atoms with Gasteiger partial charge < -0.3 is 8.98 Å². The number of hydrogen-bond acceptors (Lipinski definition) is 1. The summed E-state index contributed by atoms with van der Waals surface area (Å²) in [7, 11) is 4.27. The lowest BCUT2D eigenvalue weighted by molar-refractivity contribution is -0.617. The van der Waals surface area contributed by atoms with E-state index in [1.54, 1.807) is 0 Å². The van der Waals surface area contributed by atoms with E-state index < -0.39 is 0 Å². The smallest absolute Gasteiger partial charge is 0.217 e. The van der Waals surface area contributed by atoms with E-state index in [1.165, 1.54) is 44.0 Å². The van der Waals surface area contributed by atoms with E-state index in [1.807, 2.05) is 0 Å². The predicted octanol–water partition coefficient (Wildman–Crippen LogP) is 4.60. The molecular formula is C21H15N2O+. The molecule has 0 saturated heterocycles. The van der Waals surface area contributed by atoms with Crippen LogP contribution in [0.25, 0.3) is 55.1 Å². The average molecular weight is 311 g/mol. The van der Waals surface area contributed by atoms with Gasteiger partial charge in [-0.1, -0.05) is 18.2 Å². The van der Waals surface area contributed by atoms with E-state index in [0.717, 1.165) is 11.2 Å². The van der Waals surface area contributed by atoms with Gasteiger partial charge in [-0.15, -0.1) is 0 Å². The first-order valence-electron chi connectivity index (χ1n) is 8.18. The Morgan fingerprint density at radius 3 is 2.29 bits per heavy atom. The second-order valence-electron chi connectivity index (χ2n) is 6.57. The van der Waals surface area contributed by atoms with Gasteiger partial charge in [0.05, 0.1) is 27.4 Å². The molecule has 6 rings (SSSR count). The highest BCUT2D eigenvalue weighted by molar-refractivity contribution is 6.23. The molecule has 114 valence electrons. The lowest BCUT2D eigenvalue weighted by Crippen LogP contribution is -2.31. The Morgan fingerprint density at radius 1 is 0.750 bits per heavy atom. The van der Waals surface area contributed by atoms with E-state index in [-0.39, 0.29) is 0 Å². The molecule has 0 unspecified atom stereocenters. The van der Waals surface area contributed by atoms with Crippen molar-refractivity contribution < 1.29 is 8.98 Å². The second-order valence-corrected chi connectivity index (χ2v) is 6.57. The first kappa shape index (κ1) is 12.4. The van der Waals surface area contributed by atoms with Gasteiger partial charge in [0.15, 0.2) is 0 Å². The van der Waals surface area contributed by atoms with Crippen LogP contribution in [0, 0.1) is 0 Å². The lowest BCUT2D eigenvalue weighted by Gasteiger charge is -2.22. The van der Waals surface area contributed by atoms with Crippen LogP contribution < -0.4 is 4.57 Å². The van der Waals surface area contributed by atoms with Crippen LogP contribution in [-0.4, -0.2) is 4.57 Å². The Bertz CT molecular complexity index is 1370. The molecule has 3 aromatic carbocycles. The fourth-order valence-electron chi connectivity index (χ4n) is 4.37. The fraction of sp³-hybridized carbons (Fsp3) is 0.0952. The van der Waals surface area contributed by atoms with Crippen molar-refractivity contribution in [2.45, 2.75) is 0 Å². The number of aromatic nitrogens is 2. The minimum atomic E-state index is 0.948. The van der Waals surface area contributed by atoms with Crippen molar-refractivity contribution in [3.63, 3.8) is 0 Å². The first-order valence-corrected chi connectivity index (χ1v) is 8.18. The third-order valence-electron chi connectivity index (χ3n) is 5.44. The summed E-state index contributed by atoms with van der Waals surface area (Å²) < 4.78 is 10.8. The minimum absolute atomic E-state index is 0.948. The van der Waals surface area contributed by atoms with E-state index in [4.69, 9.17) is 4.42 Å². The molecule has 2 aliphatic rings.